The molecule has 1 fully saturated rings. The number of halogens is 1. The highest BCUT2D eigenvalue weighted by atomic mass is 35.5. The first kappa shape index (κ1) is 14.7. The zero-order valence-electron chi connectivity index (χ0n) is 13.3. The first-order valence-electron chi connectivity index (χ1n) is 7.94. The molecule has 0 radical (unpaired) electrons. The predicted molar refractivity (Wildman–Crippen MR) is 92.4 cm³/mol. The molecule has 0 atom stereocenters. The van der Waals surface area contributed by atoms with Crippen LogP contribution in [0, 0.1) is 0 Å². The third kappa shape index (κ3) is 2.42. The number of hydrogen-bond acceptors (Lipinski definition) is 5. The Labute approximate surface area is 139 Å². The molecule has 0 unspecified atom stereocenters. The molecule has 120 valence electrons. The highest BCUT2D eigenvalue weighted by Crippen LogP contribution is 2.27. The van der Waals surface area contributed by atoms with E-state index < -0.39 is 0 Å². The Morgan fingerprint density at radius 1 is 1.13 bits per heavy atom. The highest BCUT2D eigenvalue weighted by Gasteiger charge is 2.22. The molecule has 4 rings (SSSR count). The first-order chi connectivity index (χ1) is 11.2. The number of benzene rings is 1. The molecule has 1 saturated heterocycles. The third-order valence-electron chi connectivity index (χ3n) is 4.45. The maximum absolute atomic E-state index is 6.19. The molecule has 3 heterocycles. The minimum Gasteiger partial charge on any atom is -0.351 e. The number of anilines is 1. The summed E-state index contributed by atoms with van der Waals surface area (Å²) in [7, 11) is 2.15. The van der Waals surface area contributed by atoms with Crippen molar-refractivity contribution in [3.63, 3.8) is 0 Å². The van der Waals surface area contributed by atoms with E-state index in [4.69, 9.17) is 16.6 Å². The number of aromatic nitrogens is 4. The molecule has 1 aliphatic rings. The Morgan fingerprint density at radius 2 is 1.91 bits per heavy atom. The molecule has 1 aliphatic heterocycles. The maximum atomic E-state index is 6.19. The molecule has 2 aromatic heterocycles. The molecule has 0 amide bonds. The lowest BCUT2D eigenvalue weighted by Gasteiger charge is -2.33. The van der Waals surface area contributed by atoms with Gasteiger partial charge in [0.2, 0.25) is 5.65 Å². The maximum Gasteiger partial charge on any atom is 0.204 e. The van der Waals surface area contributed by atoms with Crippen LogP contribution in [0.4, 0.5) is 5.82 Å². The molecule has 3 aromatic rings. The Bertz CT molecular complexity index is 866. The molecule has 0 N–H and O–H groups in total. The zero-order chi connectivity index (χ0) is 16.0. The van der Waals surface area contributed by atoms with Gasteiger partial charge in [0.05, 0.1) is 11.0 Å². The van der Waals surface area contributed by atoms with Crippen LogP contribution in [0.3, 0.4) is 0 Å². The minimum absolute atomic E-state index is 0.698. The second-order valence-corrected chi connectivity index (χ2v) is 6.42. The second kappa shape index (κ2) is 5.62. The second-order valence-electron chi connectivity index (χ2n) is 5.99. The van der Waals surface area contributed by atoms with Gasteiger partial charge in [0, 0.05) is 37.6 Å². The van der Waals surface area contributed by atoms with Crippen LogP contribution in [0.15, 0.2) is 18.2 Å². The zero-order valence-corrected chi connectivity index (χ0v) is 14.1. The van der Waals surface area contributed by atoms with E-state index in [0.29, 0.717) is 5.02 Å². The fraction of sp³-hybridized carbons (Fsp3) is 0.438. The Morgan fingerprint density at radius 3 is 2.65 bits per heavy atom. The van der Waals surface area contributed by atoms with Gasteiger partial charge in [0.15, 0.2) is 5.82 Å². The number of rotatable bonds is 2. The summed E-state index contributed by atoms with van der Waals surface area (Å²) in [6, 6.07) is 5.79. The average Bonchev–Trinajstić information content (AvgIpc) is 2.99. The van der Waals surface area contributed by atoms with Gasteiger partial charge in [-0.2, -0.15) is 0 Å². The van der Waals surface area contributed by atoms with E-state index in [0.717, 1.165) is 60.9 Å². The lowest BCUT2D eigenvalue weighted by molar-refractivity contribution is 0.312. The molecular formula is C16H19ClN6. The van der Waals surface area contributed by atoms with E-state index in [9.17, 15) is 0 Å². The van der Waals surface area contributed by atoms with Gasteiger partial charge < -0.3 is 9.80 Å². The molecule has 0 spiro atoms. The Kier molecular flexibility index (Phi) is 3.58. The number of hydrogen-bond donors (Lipinski definition) is 0. The van der Waals surface area contributed by atoms with Gasteiger partial charge in [-0.1, -0.05) is 18.5 Å². The van der Waals surface area contributed by atoms with Crippen LogP contribution < -0.4 is 4.90 Å². The normalized spacial score (nSPS) is 16.6. The molecule has 7 heteroatoms. The summed E-state index contributed by atoms with van der Waals surface area (Å²) >= 11 is 6.19. The van der Waals surface area contributed by atoms with Gasteiger partial charge in [-0.25, -0.2) is 4.98 Å². The number of piperazine rings is 1. The van der Waals surface area contributed by atoms with E-state index >= 15 is 0 Å². The summed E-state index contributed by atoms with van der Waals surface area (Å²) < 4.78 is 2.10. The van der Waals surface area contributed by atoms with Gasteiger partial charge >= 0.3 is 0 Å². The number of nitrogens with zero attached hydrogens (tertiary/aromatic N) is 6. The molecular weight excluding hydrogens is 312 g/mol. The van der Waals surface area contributed by atoms with E-state index in [1.54, 1.807) is 0 Å². The Hall–Kier alpha value is -1.92. The van der Waals surface area contributed by atoms with Crippen LogP contribution in [-0.4, -0.2) is 57.7 Å². The van der Waals surface area contributed by atoms with Crippen molar-refractivity contribution in [3.05, 3.63) is 29.0 Å². The molecule has 6 nitrogen and oxygen atoms in total. The summed E-state index contributed by atoms with van der Waals surface area (Å²) in [5.74, 6) is 1.85. The Balaban J connectivity index is 1.96. The van der Waals surface area contributed by atoms with Gasteiger partial charge in [-0.05, 0) is 25.2 Å². The summed E-state index contributed by atoms with van der Waals surface area (Å²) in [4.78, 5) is 9.50. The lowest BCUT2D eigenvalue weighted by atomic mass is 10.2. The summed E-state index contributed by atoms with van der Waals surface area (Å²) in [6.07, 6.45) is 0.814. The topological polar surface area (TPSA) is 49.6 Å². The van der Waals surface area contributed by atoms with Crippen molar-refractivity contribution in [2.24, 2.45) is 0 Å². The van der Waals surface area contributed by atoms with Crippen molar-refractivity contribution in [3.8, 4) is 0 Å². The van der Waals surface area contributed by atoms with Crippen LogP contribution in [0.1, 0.15) is 12.7 Å². The average molecular weight is 331 g/mol. The summed E-state index contributed by atoms with van der Waals surface area (Å²) in [5.41, 5.74) is 2.71. The quantitative estimate of drug-likeness (QED) is 0.721. The molecule has 0 aliphatic carbocycles. The largest absolute Gasteiger partial charge is 0.351 e. The lowest BCUT2D eigenvalue weighted by Crippen LogP contribution is -2.45. The van der Waals surface area contributed by atoms with Crippen LogP contribution >= 0.6 is 11.6 Å². The van der Waals surface area contributed by atoms with Gasteiger partial charge in [0.25, 0.3) is 0 Å². The van der Waals surface area contributed by atoms with Crippen molar-refractivity contribution in [1.82, 2.24) is 24.5 Å². The summed E-state index contributed by atoms with van der Waals surface area (Å²) in [6.45, 7) is 6.05. The van der Waals surface area contributed by atoms with Crippen LogP contribution in [0.5, 0.6) is 0 Å². The smallest absolute Gasteiger partial charge is 0.204 e. The molecule has 1 aromatic carbocycles. The number of likely N-dealkylation sites (N-methyl/N-ethyl adjacent to an activating group) is 1. The van der Waals surface area contributed by atoms with Crippen molar-refractivity contribution in [1.29, 1.82) is 0 Å². The SMILES string of the molecule is CCc1nnc2c(N3CCN(C)CC3)nc3ccc(Cl)cc3n12. The monoisotopic (exact) mass is 330 g/mol. The molecule has 23 heavy (non-hydrogen) atoms. The fourth-order valence-corrected chi connectivity index (χ4v) is 3.27. The van der Waals surface area contributed by atoms with Crippen molar-refractivity contribution >= 4 is 34.1 Å². The van der Waals surface area contributed by atoms with Crippen molar-refractivity contribution in [2.45, 2.75) is 13.3 Å². The van der Waals surface area contributed by atoms with E-state index in [1.165, 1.54) is 0 Å². The predicted octanol–water partition coefficient (Wildman–Crippen LogP) is 2.25. The van der Waals surface area contributed by atoms with Gasteiger partial charge in [0.1, 0.15) is 5.82 Å². The van der Waals surface area contributed by atoms with Crippen LogP contribution in [0.25, 0.3) is 16.7 Å². The van der Waals surface area contributed by atoms with E-state index in [-0.39, 0.29) is 0 Å². The van der Waals surface area contributed by atoms with E-state index in [2.05, 4.69) is 38.4 Å². The molecule has 0 bridgehead atoms. The van der Waals surface area contributed by atoms with Crippen LogP contribution in [-0.2, 0) is 6.42 Å². The number of fused-ring (bicyclic) bond motifs is 3. The van der Waals surface area contributed by atoms with Crippen molar-refractivity contribution in [2.75, 3.05) is 38.1 Å². The standard InChI is InChI=1S/C16H19ClN6/c1-3-14-19-20-16-15(22-8-6-21(2)7-9-22)18-12-5-4-11(17)10-13(12)23(14)16/h4-5,10H,3,6-9H2,1-2H3. The number of aryl methyl sites for hydroxylation is 1. The van der Waals surface area contributed by atoms with E-state index in [1.807, 2.05) is 18.2 Å². The van der Waals surface area contributed by atoms with Crippen molar-refractivity contribution < 1.29 is 0 Å². The minimum atomic E-state index is 0.698. The third-order valence-corrected chi connectivity index (χ3v) is 4.69. The molecule has 0 saturated carbocycles. The summed E-state index contributed by atoms with van der Waals surface area (Å²) in [5, 5.41) is 9.47. The fourth-order valence-electron chi connectivity index (χ4n) is 3.11. The highest BCUT2D eigenvalue weighted by molar-refractivity contribution is 6.31. The first-order valence-corrected chi connectivity index (χ1v) is 8.32. The van der Waals surface area contributed by atoms with Crippen LogP contribution in [0.2, 0.25) is 5.02 Å². The van der Waals surface area contributed by atoms with Gasteiger partial charge in [-0.3, -0.25) is 4.40 Å². The van der Waals surface area contributed by atoms with Gasteiger partial charge in [-0.15, -0.1) is 10.2 Å².